The van der Waals surface area contributed by atoms with Crippen LogP contribution >= 0.6 is 0 Å². The van der Waals surface area contributed by atoms with Crippen molar-refractivity contribution in [1.82, 2.24) is 4.57 Å². The summed E-state index contributed by atoms with van der Waals surface area (Å²) in [5.74, 6) is 0.183. The zero-order valence-corrected chi connectivity index (χ0v) is 11.8. The van der Waals surface area contributed by atoms with Gasteiger partial charge in [-0.05, 0) is 43.5 Å². The molecule has 0 fully saturated rings. The maximum Gasteiger partial charge on any atom is 0.303 e. The number of fused-ring (bicyclic) bond motifs is 1. The van der Waals surface area contributed by atoms with Crippen molar-refractivity contribution in [3.63, 3.8) is 0 Å². The van der Waals surface area contributed by atoms with E-state index in [1.165, 1.54) is 5.52 Å². The van der Waals surface area contributed by atoms with Crippen molar-refractivity contribution in [3.05, 3.63) is 30.5 Å². The van der Waals surface area contributed by atoms with E-state index in [2.05, 4.69) is 35.9 Å². The molecule has 4 heteroatoms. The summed E-state index contributed by atoms with van der Waals surface area (Å²) in [5.41, 5.74) is 1.17. The lowest BCUT2D eigenvalue weighted by atomic mass is 10.2. The Labute approximate surface area is 119 Å². The smallest absolute Gasteiger partial charge is 0.303 e. The summed E-state index contributed by atoms with van der Waals surface area (Å²) in [7, 11) is 0. The summed E-state index contributed by atoms with van der Waals surface area (Å²) in [6.07, 6.45) is 4.89. The summed E-state index contributed by atoms with van der Waals surface area (Å²) >= 11 is 0. The quantitative estimate of drug-likeness (QED) is 0.748. The number of aliphatic carboxylic acids is 1. The van der Waals surface area contributed by atoms with Crippen LogP contribution in [0.4, 0.5) is 0 Å². The molecule has 1 aromatic carbocycles. The Morgan fingerprint density at radius 3 is 2.90 bits per heavy atom. The first-order valence-corrected chi connectivity index (χ1v) is 7.14. The molecule has 0 bridgehead atoms. The van der Waals surface area contributed by atoms with Gasteiger partial charge in [-0.25, -0.2) is 0 Å². The Morgan fingerprint density at radius 2 is 2.15 bits per heavy atom. The molecule has 1 aromatic heterocycles. The first-order valence-electron chi connectivity index (χ1n) is 7.14. The van der Waals surface area contributed by atoms with Gasteiger partial charge in [-0.1, -0.05) is 6.92 Å². The highest BCUT2D eigenvalue weighted by Gasteiger charge is 2.03. The molecular weight excluding hydrogens is 254 g/mol. The average Bonchev–Trinajstić information content (AvgIpc) is 2.83. The summed E-state index contributed by atoms with van der Waals surface area (Å²) in [6, 6.07) is 8.19. The van der Waals surface area contributed by atoms with Gasteiger partial charge in [0.1, 0.15) is 5.75 Å². The maximum absolute atomic E-state index is 10.5. The van der Waals surface area contributed by atoms with Gasteiger partial charge in [0.25, 0.3) is 0 Å². The van der Waals surface area contributed by atoms with Crippen LogP contribution in [0.1, 0.15) is 32.6 Å². The molecule has 0 spiro atoms. The second kappa shape index (κ2) is 6.98. The van der Waals surface area contributed by atoms with Gasteiger partial charge in [-0.3, -0.25) is 4.79 Å². The van der Waals surface area contributed by atoms with E-state index < -0.39 is 5.97 Å². The van der Waals surface area contributed by atoms with E-state index >= 15 is 0 Å². The van der Waals surface area contributed by atoms with Crippen molar-refractivity contribution < 1.29 is 14.6 Å². The van der Waals surface area contributed by atoms with Gasteiger partial charge < -0.3 is 14.4 Å². The lowest BCUT2D eigenvalue weighted by molar-refractivity contribution is -0.137. The summed E-state index contributed by atoms with van der Waals surface area (Å²) in [6.45, 7) is 3.68. The Hall–Kier alpha value is -1.97. The van der Waals surface area contributed by atoms with E-state index in [9.17, 15) is 4.79 Å². The third-order valence-corrected chi connectivity index (χ3v) is 3.25. The van der Waals surface area contributed by atoms with Crippen LogP contribution < -0.4 is 4.74 Å². The highest BCUT2D eigenvalue weighted by atomic mass is 16.5. The fourth-order valence-electron chi connectivity index (χ4n) is 2.24. The summed E-state index contributed by atoms with van der Waals surface area (Å²) in [5, 5.41) is 9.79. The van der Waals surface area contributed by atoms with Gasteiger partial charge in [-0.2, -0.15) is 0 Å². The van der Waals surface area contributed by atoms with Crippen LogP contribution in [0.2, 0.25) is 0 Å². The molecule has 0 atom stereocenters. The lowest BCUT2D eigenvalue weighted by Crippen LogP contribution is -1.99. The number of rotatable bonds is 8. The van der Waals surface area contributed by atoms with Gasteiger partial charge in [-0.15, -0.1) is 0 Å². The zero-order valence-electron chi connectivity index (χ0n) is 11.8. The maximum atomic E-state index is 10.5. The van der Waals surface area contributed by atoms with Gasteiger partial charge >= 0.3 is 5.97 Å². The Kier molecular flexibility index (Phi) is 5.04. The van der Waals surface area contributed by atoms with Crippen LogP contribution in [0.3, 0.4) is 0 Å². The van der Waals surface area contributed by atoms with Crippen molar-refractivity contribution in [1.29, 1.82) is 0 Å². The van der Waals surface area contributed by atoms with Crippen molar-refractivity contribution >= 4 is 16.9 Å². The normalized spacial score (nSPS) is 10.8. The summed E-state index contributed by atoms with van der Waals surface area (Å²) < 4.78 is 7.79. The van der Waals surface area contributed by atoms with Crippen molar-refractivity contribution in [2.45, 2.75) is 39.2 Å². The van der Waals surface area contributed by atoms with E-state index in [0.29, 0.717) is 6.42 Å². The minimum Gasteiger partial charge on any atom is -0.494 e. The van der Waals surface area contributed by atoms with Crippen molar-refractivity contribution in [2.24, 2.45) is 0 Å². The van der Waals surface area contributed by atoms with Crippen molar-refractivity contribution in [2.75, 3.05) is 6.61 Å². The Morgan fingerprint density at radius 1 is 1.30 bits per heavy atom. The molecule has 4 nitrogen and oxygen atoms in total. The number of nitrogens with zero attached hydrogens (tertiary/aromatic N) is 1. The van der Waals surface area contributed by atoms with E-state index in [0.717, 1.165) is 37.1 Å². The molecular formula is C16H21NO3. The second-order valence-corrected chi connectivity index (χ2v) is 4.93. The molecule has 20 heavy (non-hydrogen) atoms. The van der Waals surface area contributed by atoms with Crippen LogP contribution in [0.5, 0.6) is 5.75 Å². The number of carboxylic acids is 1. The number of carboxylic acid groups (broad SMARTS) is 1. The molecule has 0 unspecified atom stereocenters. The van der Waals surface area contributed by atoms with Crippen LogP contribution in [-0.4, -0.2) is 22.2 Å². The highest BCUT2D eigenvalue weighted by molar-refractivity contribution is 5.81. The molecule has 0 aliphatic carbocycles. The lowest BCUT2D eigenvalue weighted by Gasteiger charge is -2.07. The third-order valence-electron chi connectivity index (χ3n) is 3.25. The molecule has 0 saturated carbocycles. The average molecular weight is 275 g/mol. The van der Waals surface area contributed by atoms with E-state index in [1.807, 2.05) is 6.07 Å². The second-order valence-electron chi connectivity index (χ2n) is 4.93. The fraction of sp³-hybridized carbons (Fsp3) is 0.438. The number of hydrogen-bond donors (Lipinski definition) is 1. The van der Waals surface area contributed by atoms with Gasteiger partial charge in [0.15, 0.2) is 0 Å². The van der Waals surface area contributed by atoms with Crippen LogP contribution in [0, 0.1) is 0 Å². The number of unbranched alkanes of at least 4 members (excludes halogenated alkanes) is 1. The molecule has 108 valence electrons. The van der Waals surface area contributed by atoms with Crippen LogP contribution in [-0.2, 0) is 11.3 Å². The van der Waals surface area contributed by atoms with E-state index in [1.54, 1.807) is 0 Å². The summed E-state index contributed by atoms with van der Waals surface area (Å²) in [4.78, 5) is 10.5. The minimum absolute atomic E-state index is 0.244. The minimum atomic E-state index is -0.722. The largest absolute Gasteiger partial charge is 0.494 e. The zero-order chi connectivity index (χ0) is 14.4. The predicted octanol–water partition coefficient (Wildman–Crippen LogP) is 3.69. The van der Waals surface area contributed by atoms with Gasteiger partial charge in [0, 0.05) is 30.1 Å². The molecule has 2 aromatic rings. The Balaban J connectivity index is 1.99. The highest BCUT2D eigenvalue weighted by Crippen LogP contribution is 2.22. The number of hydrogen-bond acceptors (Lipinski definition) is 2. The number of aromatic nitrogens is 1. The SMILES string of the molecule is CCCOc1ccc2c(ccn2CCCCC(=O)O)c1. The standard InChI is InChI=1S/C16H21NO3/c1-2-11-20-14-6-7-15-13(12-14)8-10-17(15)9-4-3-5-16(18)19/h6-8,10,12H,2-5,9,11H2,1H3,(H,18,19). The molecule has 1 heterocycles. The number of benzene rings is 1. The molecule has 0 amide bonds. The Bertz CT molecular complexity index is 574. The number of aryl methyl sites for hydroxylation is 1. The molecule has 0 aliphatic heterocycles. The first kappa shape index (κ1) is 14.4. The number of carbonyl (C=O) groups is 1. The molecule has 0 radical (unpaired) electrons. The van der Waals surface area contributed by atoms with Gasteiger partial charge in [0.05, 0.1) is 6.61 Å². The first-order chi connectivity index (χ1) is 9.70. The van der Waals surface area contributed by atoms with E-state index in [4.69, 9.17) is 9.84 Å². The van der Waals surface area contributed by atoms with Gasteiger partial charge in [0.2, 0.25) is 0 Å². The topological polar surface area (TPSA) is 51.5 Å². The third kappa shape index (κ3) is 3.76. The van der Waals surface area contributed by atoms with E-state index in [-0.39, 0.29) is 6.42 Å². The molecule has 1 N–H and O–H groups in total. The van der Waals surface area contributed by atoms with Crippen molar-refractivity contribution in [3.8, 4) is 5.75 Å². The van der Waals surface area contributed by atoms with Crippen LogP contribution in [0.15, 0.2) is 30.5 Å². The fourth-order valence-corrected chi connectivity index (χ4v) is 2.24. The van der Waals surface area contributed by atoms with Crippen LogP contribution in [0.25, 0.3) is 10.9 Å². The molecule has 2 rings (SSSR count). The molecule has 0 aliphatic rings. The monoisotopic (exact) mass is 275 g/mol. The molecule has 0 saturated heterocycles. The number of ether oxygens (including phenoxy) is 1. The predicted molar refractivity (Wildman–Crippen MR) is 79.2 cm³/mol.